The van der Waals surface area contributed by atoms with Crippen molar-refractivity contribution in [2.45, 2.75) is 19.8 Å². The topological polar surface area (TPSA) is 43.1 Å². The number of carbonyl (C=O) groups excluding carboxylic acids is 1. The van der Waals surface area contributed by atoms with Crippen molar-refractivity contribution in [1.29, 1.82) is 0 Å². The van der Waals surface area contributed by atoms with E-state index in [-0.39, 0.29) is 0 Å². The normalized spacial score (nSPS) is 10.0. The molecule has 0 aliphatic carbocycles. The van der Waals surface area contributed by atoms with Gasteiger partial charge in [0, 0.05) is 6.42 Å². The second kappa shape index (κ2) is 3.53. The zero-order valence-electron chi connectivity index (χ0n) is 6.13. The molecule has 11 heavy (non-hydrogen) atoms. The van der Waals surface area contributed by atoms with Crippen molar-refractivity contribution in [3.05, 3.63) is 17.5 Å². The molecule has 0 N–H and O–H groups in total. The first kappa shape index (κ1) is 8.27. The first-order valence-corrected chi connectivity index (χ1v) is 3.77. The highest BCUT2D eigenvalue weighted by molar-refractivity contribution is 6.67. The van der Waals surface area contributed by atoms with Gasteiger partial charge in [-0.1, -0.05) is 12.1 Å². The van der Waals surface area contributed by atoms with Crippen molar-refractivity contribution >= 4 is 16.8 Å². The van der Waals surface area contributed by atoms with E-state index in [0.717, 1.165) is 6.42 Å². The van der Waals surface area contributed by atoms with Gasteiger partial charge in [0.05, 0.1) is 11.8 Å². The SMILES string of the molecule is CCCc1oncc1C(=O)Cl. The minimum atomic E-state index is -0.505. The van der Waals surface area contributed by atoms with E-state index in [2.05, 4.69) is 5.16 Å². The Bertz CT molecular complexity index is 257. The number of hydrogen-bond donors (Lipinski definition) is 0. The predicted molar refractivity (Wildman–Crippen MR) is 40.7 cm³/mol. The van der Waals surface area contributed by atoms with Crippen LogP contribution in [0.3, 0.4) is 0 Å². The number of aryl methyl sites for hydroxylation is 1. The number of hydrogen-bond acceptors (Lipinski definition) is 3. The van der Waals surface area contributed by atoms with Crippen LogP contribution in [-0.2, 0) is 6.42 Å². The second-order valence-corrected chi connectivity index (χ2v) is 2.53. The quantitative estimate of drug-likeness (QED) is 0.657. The van der Waals surface area contributed by atoms with E-state index in [1.165, 1.54) is 6.20 Å². The van der Waals surface area contributed by atoms with Gasteiger partial charge in [-0.25, -0.2) is 0 Å². The third-order valence-electron chi connectivity index (χ3n) is 1.33. The largest absolute Gasteiger partial charge is 0.361 e. The van der Waals surface area contributed by atoms with Crippen molar-refractivity contribution in [1.82, 2.24) is 5.16 Å². The van der Waals surface area contributed by atoms with Crippen molar-refractivity contribution in [3.8, 4) is 0 Å². The lowest BCUT2D eigenvalue weighted by molar-refractivity contribution is 0.107. The van der Waals surface area contributed by atoms with Crippen LogP contribution in [-0.4, -0.2) is 10.4 Å². The zero-order chi connectivity index (χ0) is 8.27. The summed E-state index contributed by atoms with van der Waals surface area (Å²) in [5, 5.41) is 2.98. The van der Waals surface area contributed by atoms with E-state index in [1.807, 2.05) is 6.92 Å². The van der Waals surface area contributed by atoms with Gasteiger partial charge < -0.3 is 4.52 Å². The summed E-state index contributed by atoms with van der Waals surface area (Å²) in [7, 11) is 0. The molecule has 0 saturated carbocycles. The van der Waals surface area contributed by atoms with Crippen LogP contribution >= 0.6 is 11.6 Å². The second-order valence-electron chi connectivity index (χ2n) is 2.19. The summed E-state index contributed by atoms with van der Waals surface area (Å²) in [6.45, 7) is 1.99. The van der Waals surface area contributed by atoms with Gasteiger partial charge >= 0.3 is 0 Å². The Morgan fingerprint density at radius 3 is 3.09 bits per heavy atom. The Kier molecular flexibility index (Phi) is 2.65. The molecule has 1 aromatic rings. The fourth-order valence-electron chi connectivity index (χ4n) is 0.832. The fraction of sp³-hybridized carbons (Fsp3) is 0.429. The highest BCUT2D eigenvalue weighted by atomic mass is 35.5. The third-order valence-corrected chi connectivity index (χ3v) is 1.54. The minimum Gasteiger partial charge on any atom is -0.361 e. The van der Waals surface area contributed by atoms with Gasteiger partial charge in [0.2, 0.25) is 0 Å². The molecule has 0 aromatic carbocycles. The molecule has 0 fully saturated rings. The van der Waals surface area contributed by atoms with E-state index in [0.29, 0.717) is 17.7 Å². The van der Waals surface area contributed by atoms with Crippen molar-refractivity contribution < 1.29 is 9.32 Å². The third kappa shape index (κ3) is 1.80. The summed E-state index contributed by atoms with van der Waals surface area (Å²) >= 11 is 5.25. The van der Waals surface area contributed by atoms with Crippen LogP contribution in [0.5, 0.6) is 0 Å². The highest BCUT2D eigenvalue weighted by Gasteiger charge is 2.12. The van der Waals surface area contributed by atoms with Crippen LogP contribution in [0.4, 0.5) is 0 Å². The molecular formula is C7H8ClNO2. The molecule has 0 aliphatic rings. The predicted octanol–water partition coefficient (Wildman–Crippen LogP) is 2.01. The van der Waals surface area contributed by atoms with Crippen LogP contribution in [0, 0.1) is 0 Å². The lowest BCUT2D eigenvalue weighted by atomic mass is 10.2. The summed E-state index contributed by atoms with van der Waals surface area (Å²) in [5.41, 5.74) is 0.383. The smallest absolute Gasteiger partial charge is 0.257 e. The lowest BCUT2D eigenvalue weighted by Gasteiger charge is -1.90. The monoisotopic (exact) mass is 173 g/mol. The first-order valence-electron chi connectivity index (χ1n) is 3.39. The molecule has 0 unspecified atom stereocenters. The van der Waals surface area contributed by atoms with Crippen molar-refractivity contribution in [3.63, 3.8) is 0 Å². The van der Waals surface area contributed by atoms with E-state index in [9.17, 15) is 4.79 Å². The fourth-order valence-corrected chi connectivity index (χ4v) is 0.986. The van der Waals surface area contributed by atoms with Gasteiger partial charge in [-0.15, -0.1) is 0 Å². The molecular weight excluding hydrogens is 166 g/mol. The molecule has 0 bridgehead atoms. The molecule has 0 aliphatic heterocycles. The van der Waals surface area contributed by atoms with Crippen LogP contribution in [0.2, 0.25) is 0 Å². The summed E-state index contributed by atoms with van der Waals surface area (Å²) in [6.07, 6.45) is 2.96. The Hall–Kier alpha value is -0.830. The van der Waals surface area contributed by atoms with Gasteiger partial charge in [0.25, 0.3) is 5.24 Å². The van der Waals surface area contributed by atoms with Gasteiger partial charge in [-0.05, 0) is 18.0 Å². The molecule has 1 heterocycles. The van der Waals surface area contributed by atoms with Crippen molar-refractivity contribution in [2.75, 3.05) is 0 Å². The van der Waals surface area contributed by atoms with Crippen LogP contribution in [0.1, 0.15) is 29.5 Å². The molecule has 60 valence electrons. The number of rotatable bonds is 3. The highest BCUT2D eigenvalue weighted by Crippen LogP contribution is 2.12. The standard InChI is InChI=1S/C7H8ClNO2/c1-2-3-6-5(7(8)10)4-9-11-6/h4H,2-3H2,1H3. The maximum Gasteiger partial charge on any atom is 0.257 e. The number of aromatic nitrogens is 1. The molecule has 0 atom stereocenters. The Labute approximate surface area is 69.3 Å². The van der Waals surface area contributed by atoms with E-state index >= 15 is 0 Å². The molecule has 0 spiro atoms. The Morgan fingerprint density at radius 2 is 2.55 bits per heavy atom. The van der Waals surface area contributed by atoms with E-state index in [4.69, 9.17) is 16.1 Å². The zero-order valence-corrected chi connectivity index (χ0v) is 6.89. The molecule has 1 rings (SSSR count). The summed E-state index contributed by atoms with van der Waals surface area (Å²) in [4.78, 5) is 10.7. The Morgan fingerprint density at radius 1 is 1.82 bits per heavy atom. The van der Waals surface area contributed by atoms with Crippen molar-refractivity contribution in [2.24, 2.45) is 0 Å². The van der Waals surface area contributed by atoms with Crippen LogP contribution in [0.15, 0.2) is 10.7 Å². The van der Waals surface area contributed by atoms with E-state index < -0.39 is 5.24 Å². The first-order chi connectivity index (χ1) is 5.25. The van der Waals surface area contributed by atoms with Gasteiger partial charge in [0.1, 0.15) is 5.76 Å². The minimum absolute atomic E-state index is 0.383. The molecule has 0 saturated heterocycles. The molecule has 0 radical (unpaired) electrons. The molecule has 3 nitrogen and oxygen atoms in total. The Balaban J connectivity index is 2.87. The van der Waals surface area contributed by atoms with Gasteiger partial charge in [0.15, 0.2) is 0 Å². The van der Waals surface area contributed by atoms with Gasteiger partial charge in [-0.3, -0.25) is 4.79 Å². The lowest BCUT2D eigenvalue weighted by Crippen LogP contribution is -1.91. The summed E-state index contributed by atoms with van der Waals surface area (Å²) < 4.78 is 4.81. The maximum absolute atomic E-state index is 10.7. The number of nitrogens with zero attached hydrogens (tertiary/aromatic N) is 1. The maximum atomic E-state index is 10.7. The summed E-state index contributed by atoms with van der Waals surface area (Å²) in [6, 6.07) is 0. The number of carbonyl (C=O) groups is 1. The summed E-state index contributed by atoms with van der Waals surface area (Å²) in [5.74, 6) is 0.576. The van der Waals surface area contributed by atoms with Crippen LogP contribution in [0.25, 0.3) is 0 Å². The van der Waals surface area contributed by atoms with Gasteiger partial charge in [-0.2, -0.15) is 0 Å². The van der Waals surface area contributed by atoms with E-state index in [1.54, 1.807) is 0 Å². The number of halogens is 1. The molecule has 0 amide bonds. The van der Waals surface area contributed by atoms with Crippen LogP contribution < -0.4 is 0 Å². The molecule has 1 aromatic heterocycles. The average Bonchev–Trinajstić information content (AvgIpc) is 2.36. The average molecular weight is 174 g/mol. The molecule has 4 heteroatoms.